The first kappa shape index (κ1) is 10.5. The van der Waals surface area contributed by atoms with Gasteiger partial charge in [0, 0.05) is 6.20 Å². The average molecular weight is 238 g/mol. The Bertz CT molecular complexity index is 664. The number of benzene rings is 1. The van der Waals surface area contributed by atoms with E-state index in [9.17, 15) is 5.11 Å². The largest absolute Gasteiger partial charge is 0.506 e. The van der Waals surface area contributed by atoms with Crippen molar-refractivity contribution in [1.82, 2.24) is 20.0 Å². The Morgan fingerprint density at radius 1 is 1.00 bits per heavy atom. The Morgan fingerprint density at radius 2 is 1.83 bits per heavy atom. The van der Waals surface area contributed by atoms with Crippen LogP contribution >= 0.6 is 0 Å². The van der Waals surface area contributed by atoms with Gasteiger partial charge in [-0.05, 0) is 24.3 Å². The number of hydrogen-bond acceptors (Lipinski definition) is 4. The molecule has 2 heterocycles. The molecule has 0 saturated heterocycles. The molecule has 5 nitrogen and oxygen atoms in total. The fourth-order valence-electron chi connectivity index (χ4n) is 1.75. The molecule has 3 rings (SSSR count). The van der Waals surface area contributed by atoms with Gasteiger partial charge in [0.2, 0.25) is 0 Å². The van der Waals surface area contributed by atoms with Crippen LogP contribution in [0.15, 0.2) is 54.9 Å². The third kappa shape index (κ3) is 1.71. The van der Waals surface area contributed by atoms with Crippen molar-refractivity contribution in [3.05, 3.63) is 54.9 Å². The highest BCUT2D eigenvalue weighted by Crippen LogP contribution is 2.26. The normalized spacial score (nSPS) is 10.4. The predicted molar refractivity (Wildman–Crippen MR) is 66.3 cm³/mol. The lowest BCUT2D eigenvalue weighted by Crippen LogP contribution is -1.99. The van der Waals surface area contributed by atoms with E-state index in [1.807, 2.05) is 30.3 Å². The lowest BCUT2D eigenvalue weighted by atomic mass is 10.2. The molecule has 88 valence electrons. The summed E-state index contributed by atoms with van der Waals surface area (Å²) < 4.78 is 1.64. The molecule has 0 spiro atoms. The van der Waals surface area contributed by atoms with E-state index in [0.717, 1.165) is 5.69 Å². The number of nitrogens with zero attached hydrogens (tertiary/aromatic N) is 4. The van der Waals surface area contributed by atoms with E-state index in [1.165, 1.54) is 0 Å². The lowest BCUT2D eigenvalue weighted by Gasteiger charge is -2.06. The van der Waals surface area contributed by atoms with E-state index in [-0.39, 0.29) is 5.75 Å². The Balaban J connectivity index is 2.16. The average Bonchev–Trinajstić information content (AvgIpc) is 2.89. The van der Waals surface area contributed by atoms with Crippen LogP contribution in [0.4, 0.5) is 0 Å². The van der Waals surface area contributed by atoms with E-state index < -0.39 is 0 Å². The quantitative estimate of drug-likeness (QED) is 0.742. The number of para-hydroxylation sites is 1. The maximum atomic E-state index is 9.82. The topological polar surface area (TPSA) is 63.8 Å². The van der Waals surface area contributed by atoms with Crippen LogP contribution in [0.1, 0.15) is 0 Å². The molecule has 0 saturated carbocycles. The number of rotatable bonds is 2. The van der Waals surface area contributed by atoms with Crippen molar-refractivity contribution in [2.45, 2.75) is 0 Å². The Morgan fingerprint density at radius 3 is 2.61 bits per heavy atom. The van der Waals surface area contributed by atoms with Crippen LogP contribution in [-0.2, 0) is 0 Å². The highest BCUT2D eigenvalue weighted by atomic mass is 16.3. The van der Waals surface area contributed by atoms with Crippen LogP contribution in [0, 0.1) is 0 Å². The molecule has 0 aliphatic rings. The number of aromatic hydroxyl groups is 1. The minimum Gasteiger partial charge on any atom is -0.506 e. The van der Waals surface area contributed by atoms with Gasteiger partial charge < -0.3 is 5.11 Å². The number of aromatic nitrogens is 4. The van der Waals surface area contributed by atoms with Crippen molar-refractivity contribution in [2.24, 2.45) is 0 Å². The monoisotopic (exact) mass is 238 g/mol. The molecule has 3 aromatic rings. The van der Waals surface area contributed by atoms with Crippen LogP contribution in [0.3, 0.4) is 0 Å². The van der Waals surface area contributed by atoms with Crippen molar-refractivity contribution < 1.29 is 5.11 Å². The van der Waals surface area contributed by atoms with Crippen molar-refractivity contribution in [2.75, 3.05) is 0 Å². The zero-order valence-electron chi connectivity index (χ0n) is 9.43. The zero-order valence-corrected chi connectivity index (χ0v) is 9.43. The Hall–Kier alpha value is -2.69. The molecule has 0 atom stereocenters. The zero-order chi connectivity index (χ0) is 12.4. The summed E-state index contributed by atoms with van der Waals surface area (Å²) in [6, 6.07) is 12.9. The maximum absolute atomic E-state index is 9.82. The molecule has 0 aliphatic carbocycles. The van der Waals surface area contributed by atoms with Gasteiger partial charge in [-0.1, -0.05) is 23.4 Å². The highest BCUT2D eigenvalue weighted by molar-refractivity contribution is 5.63. The second-order valence-electron chi connectivity index (χ2n) is 3.74. The number of hydrogen-bond donors (Lipinski definition) is 1. The summed E-state index contributed by atoms with van der Waals surface area (Å²) in [5, 5.41) is 17.7. The standard InChI is InChI=1S/C13H10N4O/c18-12-7-4-8-14-13(12)11-9-15-16-17(11)10-5-2-1-3-6-10/h1-9,18H. The Labute approximate surface area is 103 Å². The van der Waals surface area contributed by atoms with Crippen LogP contribution < -0.4 is 0 Å². The van der Waals surface area contributed by atoms with Crippen LogP contribution in [-0.4, -0.2) is 25.1 Å². The molecule has 0 fully saturated rings. The van der Waals surface area contributed by atoms with Gasteiger partial charge in [0.1, 0.15) is 17.1 Å². The van der Waals surface area contributed by atoms with Gasteiger partial charge in [0.15, 0.2) is 0 Å². The Kier molecular flexibility index (Phi) is 2.49. The molecular formula is C13H10N4O. The maximum Gasteiger partial charge on any atom is 0.143 e. The second-order valence-corrected chi connectivity index (χ2v) is 3.74. The summed E-state index contributed by atoms with van der Waals surface area (Å²) in [5.74, 6) is 0.108. The molecule has 0 bridgehead atoms. The molecule has 0 amide bonds. The smallest absolute Gasteiger partial charge is 0.143 e. The van der Waals surface area contributed by atoms with Gasteiger partial charge in [-0.25, -0.2) is 4.68 Å². The van der Waals surface area contributed by atoms with Crippen molar-refractivity contribution in [3.8, 4) is 22.8 Å². The summed E-state index contributed by atoms with van der Waals surface area (Å²) in [4.78, 5) is 4.16. The fraction of sp³-hybridized carbons (Fsp3) is 0. The van der Waals surface area contributed by atoms with Gasteiger partial charge in [-0.2, -0.15) is 0 Å². The molecule has 2 aromatic heterocycles. The van der Waals surface area contributed by atoms with Gasteiger partial charge in [-0.3, -0.25) is 4.98 Å². The van der Waals surface area contributed by atoms with E-state index >= 15 is 0 Å². The highest BCUT2D eigenvalue weighted by Gasteiger charge is 2.12. The third-order valence-corrected chi connectivity index (χ3v) is 2.58. The van der Waals surface area contributed by atoms with Gasteiger partial charge >= 0.3 is 0 Å². The summed E-state index contributed by atoms with van der Waals surface area (Å²) in [6.07, 6.45) is 3.20. The first-order valence-corrected chi connectivity index (χ1v) is 5.47. The fourth-order valence-corrected chi connectivity index (χ4v) is 1.75. The van der Waals surface area contributed by atoms with Crippen LogP contribution in [0.2, 0.25) is 0 Å². The summed E-state index contributed by atoms with van der Waals surface area (Å²) in [7, 11) is 0. The minimum atomic E-state index is 0.108. The molecule has 18 heavy (non-hydrogen) atoms. The van der Waals surface area contributed by atoms with Gasteiger partial charge in [-0.15, -0.1) is 5.10 Å². The molecule has 1 N–H and O–H groups in total. The lowest BCUT2D eigenvalue weighted by molar-refractivity contribution is 0.474. The van der Waals surface area contributed by atoms with E-state index in [2.05, 4.69) is 15.3 Å². The van der Waals surface area contributed by atoms with Crippen molar-refractivity contribution in [1.29, 1.82) is 0 Å². The van der Waals surface area contributed by atoms with Crippen molar-refractivity contribution in [3.63, 3.8) is 0 Å². The molecular weight excluding hydrogens is 228 g/mol. The minimum absolute atomic E-state index is 0.108. The summed E-state index contributed by atoms with van der Waals surface area (Å²) in [6.45, 7) is 0. The first-order valence-electron chi connectivity index (χ1n) is 5.47. The predicted octanol–water partition coefficient (Wildman–Crippen LogP) is 2.03. The molecule has 5 heteroatoms. The first-order chi connectivity index (χ1) is 8.86. The van der Waals surface area contributed by atoms with E-state index in [4.69, 9.17) is 0 Å². The van der Waals surface area contributed by atoms with E-state index in [1.54, 1.807) is 29.2 Å². The summed E-state index contributed by atoms with van der Waals surface area (Å²) in [5.41, 5.74) is 1.99. The molecule has 0 aliphatic heterocycles. The van der Waals surface area contributed by atoms with Crippen molar-refractivity contribution >= 4 is 0 Å². The third-order valence-electron chi connectivity index (χ3n) is 2.58. The van der Waals surface area contributed by atoms with Crippen LogP contribution in [0.5, 0.6) is 5.75 Å². The number of pyridine rings is 1. The van der Waals surface area contributed by atoms with Crippen LogP contribution in [0.25, 0.3) is 17.1 Å². The summed E-state index contributed by atoms with van der Waals surface area (Å²) >= 11 is 0. The van der Waals surface area contributed by atoms with E-state index in [0.29, 0.717) is 11.4 Å². The van der Waals surface area contributed by atoms with Gasteiger partial charge in [0.05, 0.1) is 11.9 Å². The molecule has 1 aromatic carbocycles. The molecule has 0 radical (unpaired) electrons. The second kappa shape index (κ2) is 4.29. The molecule has 0 unspecified atom stereocenters. The van der Waals surface area contributed by atoms with Gasteiger partial charge in [0.25, 0.3) is 0 Å². The SMILES string of the molecule is Oc1cccnc1-c1cnnn1-c1ccccc1.